The molecule has 0 aromatic heterocycles. The van der Waals surface area contributed by atoms with Crippen molar-refractivity contribution in [2.75, 3.05) is 19.6 Å². The molecular formula is C22H32N2O. The van der Waals surface area contributed by atoms with E-state index >= 15 is 0 Å². The van der Waals surface area contributed by atoms with Crippen molar-refractivity contribution in [2.45, 2.75) is 57.9 Å². The van der Waals surface area contributed by atoms with E-state index in [1.807, 2.05) is 4.90 Å². The second-order valence-corrected chi connectivity index (χ2v) is 7.65. The molecule has 1 aliphatic carbocycles. The van der Waals surface area contributed by atoms with Crippen molar-refractivity contribution < 1.29 is 4.79 Å². The minimum absolute atomic E-state index is 0.284. The molecule has 1 aromatic rings. The van der Waals surface area contributed by atoms with Crippen LogP contribution in [0.1, 0.15) is 56.1 Å². The number of nitrogens with zero attached hydrogens (tertiary/aromatic N) is 1. The summed E-state index contributed by atoms with van der Waals surface area (Å²) >= 11 is 0. The molecule has 0 bridgehead atoms. The zero-order chi connectivity index (χ0) is 17.5. The highest BCUT2D eigenvalue weighted by Gasteiger charge is 2.22. The molecule has 3 nitrogen and oxygen atoms in total. The molecule has 1 aliphatic heterocycles. The summed E-state index contributed by atoms with van der Waals surface area (Å²) < 4.78 is 0. The average Bonchev–Trinajstić information content (AvgIpc) is 2.67. The lowest BCUT2D eigenvalue weighted by Crippen LogP contribution is -2.45. The van der Waals surface area contributed by atoms with Crippen molar-refractivity contribution in [3.05, 3.63) is 41.5 Å². The Labute approximate surface area is 152 Å². The van der Waals surface area contributed by atoms with Gasteiger partial charge in [-0.15, -0.1) is 0 Å². The summed E-state index contributed by atoms with van der Waals surface area (Å²) in [5.41, 5.74) is 2.62. The molecular weight excluding hydrogens is 308 g/mol. The van der Waals surface area contributed by atoms with E-state index in [1.54, 1.807) is 0 Å². The van der Waals surface area contributed by atoms with E-state index in [1.165, 1.54) is 43.2 Å². The molecule has 1 saturated carbocycles. The first kappa shape index (κ1) is 18.2. The number of hydrogen-bond donors (Lipinski definition) is 1. The van der Waals surface area contributed by atoms with E-state index in [0.29, 0.717) is 18.5 Å². The van der Waals surface area contributed by atoms with Gasteiger partial charge in [0, 0.05) is 19.1 Å². The Morgan fingerprint density at radius 2 is 1.84 bits per heavy atom. The second kappa shape index (κ2) is 9.19. The number of nitrogens with one attached hydrogen (secondary N) is 1. The van der Waals surface area contributed by atoms with E-state index in [4.69, 9.17) is 0 Å². The number of allylic oxidation sites excluding steroid dienone is 1. The summed E-state index contributed by atoms with van der Waals surface area (Å²) in [7, 11) is 0. The van der Waals surface area contributed by atoms with Gasteiger partial charge in [0.05, 0.1) is 6.54 Å². The molecule has 1 heterocycles. The zero-order valence-corrected chi connectivity index (χ0v) is 15.5. The van der Waals surface area contributed by atoms with Crippen molar-refractivity contribution >= 4 is 12.0 Å². The summed E-state index contributed by atoms with van der Waals surface area (Å²) in [4.78, 5) is 14.5. The summed E-state index contributed by atoms with van der Waals surface area (Å²) in [5.74, 6) is 0.877. The van der Waals surface area contributed by atoms with Crippen LogP contribution in [0.15, 0.2) is 30.3 Å². The molecule has 136 valence electrons. The lowest BCUT2D eigenvalue weighted by molar-refractivity contribution is -0.131. The maximum Gasteiger partial charge on any atom is 0.236 e. The molecule has 2 fully saturated rings. The Kier molecular flexibility index (Phi) is 6.69. The Morgan fingerprint density at radius 3 is 2.56 bits per heavy atom. The standard InChI is InChI=1S/C22H32N2O/c1-18-7-5-6-8-20(18)12-11-19-13-15-24(16-14-19)22(25)17-23-21-9-3-2-4-10-21/h5-8,11-12,19,21,23H,2-4,9-10,13-17H2,1H3/b12-11+. The number of rotatable bonds is 5. The van der Waals surface area contributed by atoms with Gasteiger partial charge in [0.25, 0.3) is 0 Å². The number of likely N-dealkylation sites (tertiary alicyclic amines) is 1. The molecule has 25 heavy (non-hydrogen) atoms. The third-order valence-corrected chi connectivity index (χ3v) is 5.78. The van der Waals surface area contributed by atoms with Crippen LogP contribution >= 0.6 is 0 Å². The quantitative estimate of drug-likeness (QED) is 0.872. The molecule has 1 aromatic carbocycles. The fourth-order valence-corrected chi connectivity index (χ4v) is 4.01. The van der Waals surface area contributed by atoms with Gasteiger partial charge in [-0.05, 0) is 49.7 Å². The molecule has 1 amide bonds. The molecule has 1 N–H and O–H groups in total. The van der Waals surface area contributed by atoms with Crippen molar-refractivity contribution in [1.29, 1.82) is 0 Å². The maximum atomic E-state index is 12.4. The van der Waals surface area contributed by atoms with Crippen molar-refractivity contribution in [1.82, 2.24) is 10.2 Å². The topological polar surface area (TPSA) is 32.3 Å². The number of piperidine rings is 1. The van der Waals surface area contributed by atoms with Gasteiger partial charge in [0.15, 0.2) is 0 Å². The van der Waals surface area contributed by atoms with E-state index in [-0.39, 0.29) is 5.91 Å². The largest absolute Gasteiger partial charge is 0.342 e. The third-order valence-electron chi connectivity index (χ3n) is 5.78. The van der Waals surface area contributed by atoms with Crippen LogP contribution in [0, 0.1) is 12.8 Å². The molecule has 0 atom stereocenters. The first-order valence-corrected chi connectivity index (χ1v) is 9.97. The molecule has 0 radical (unpaired) electrons. The highest BCUT2D eigenvalue weighted by molar-refractivity contribution is 5.78. The SMILES string of the molecule is Cc1ccccc1/C=C/C1CCN(C(=O)CNC2CCCCC2)CC1. The van der Waals surface area contributed by atoms with Gasteiger partial charge < -0.3 is 10.2 Å². The van der Waals surface area contributed by atoms with Crippen LogP contribution in [0.3, 0.4) is 0 Å². The Balaban J connectivity index is 1.40. The lowest BCUT2D eigenvalue weighted by Gasteiger charge is -2.32. The Hall–Kier alpha value is -1.61. The monoisotopic (exact) mass is 340 g/mol. The minimum Gasteiger partial charge on any atom is -0.342 e. The molecule has 1 saturated heterocycles. The van der Waals surface area contributed by atoms with E-state index in [0.717, 1.165) is 25.9 Å². The van der Waals surface area contributed by atoms with Gasteiger partial charge >= 0.3 is 0 Å². The smallest absolute Gasteiger partial charge is 0.236 e. The van der Waals surface area contributed by atoms with Crippen molar-refractivity contribution in [3.63, 3.8) is 0 Å². The molecule has 0 unspecified atom stereocenters. The van der Waals surface area contributed by atoms with Crippen LogP contribution < -0.4 is 5.32 Å². The zero-order valence-electron chi connectivity index (χ0n) is 15.5. The van der Waals surface area contributed by atoms with Gasteiger partial charge in [-0.3, -0.25) is 4.79 Å². The van der Waals surface area contributed by atoms with E-state index < -0.39 is 0 Å². The van der Waals surface area contributed by atoms with E-state index in [9.17, 15) is 4.79 Å². The Bertz CT molecular complexity index is 581. The summed E-state index contributed by atoms with van der Waals surface area (Å²) in [6.07, 6.45) is 13.2. The number of benzene rings is 1. The first-order chi connectivity index (χ1) is 12.2. The fraction of sp³-hybridized carbons (Fsp3) is 0.591. The fourth-order valence-electron chi connectivity index (χ4n) is 4.01. The summed E-state index contributed by atoms with van der Waals surface area (Å²) in [6.45, 7) is 4.47. The van der Waals surface area contributed by atoms with Gasteiger partial charge in [0.1, 0.15) is 0 Å². The average molecular weight is 341 g/mol. The molecule has 0 spiro atoms. The summed E-state index contributed by atoms with van der Waals surface area (Å²) in [5, 5.41) is 3.48. The molecule has 2 aliphatic rings. The summed E-state index contributed by atoms with van der Waals surface area (Å²) in [6, 6.07) is 9.06. The highest BCUT2D eigenvalue weighted by Crippen LogP contribution is 2.21. The van der Waals surface area contributed by atoms with Crippen LogP contribution in [0.5, 0.6) is 0 Å². The van der Waals surface area contributed by atoms with Crippen LogP contribution in [-0.2, 0) is 4.79 Å². The van der Waals surface area contributed by atoms with Crippen LogP contribution in [-0.4, -0.2) is 36.5 Å². The van der Waals surface area contributed by atoms with Crippen molar-refractivity contribution in [2.24, 2.45) is 5.92 Å². The van der Waals surface area contributed by atoms with Gasteiger partial charge in [-0.1, -0.05) is 55.7 Å². The highest BCUT2D eigenvalue weighted by atomic mass is 16.2. The lowest BCUT2D eigenvalue weighted by atomic mass is 9.94. The number of carbonyl (C=O) groups excluding carboxylic acids is 1. The number of carbonyl (C=O) groups is 1. The second-order valence-electron chi connectivity index (χ2n) is 7.65. The first-order valence-electron chi connectivity index (χ1n) is 9.97. The van der Waals surface area contributed by atoms with Crippen LogP contribution in [0.2, 0.25) is 0 Å². The van der Waals surface area contributed by atoms with Gasteiger partial charge in [0.2, 0.25) is 5.91 Å². The number of hydrogen-bond acceptors (Lipinski definition) is 2. The third kappa shape index (κ3) is 5.43. The van der Waals surface area contributed by atoms with Crippen LogP contribution in [0.4, 0.5) is 0 Å². The van der Waals surface area contributed by atoms with Crippen LogP contribution in [0.25, 0.3) is 6.08 Å². The molecule has 3 rings (SSSR count). The Morgan fingerprint density at radius 1 is 1.12 bits per heavy atom. The predicted octanol–water partition coefficient (Wildman–Crippen LogP) is 4.17. The predicted molar refractivity (Wildman–Crippen MR) is 104 cm³/mol. The number of aryl methyl sites for hydroxylation is 1. The molecule has 3 heteroatoms. The van der Waals surface area contributed by atoms with Crippen molar-refractivity contribution in [3.8, 4) is 0 Å². The van der Waals surface area contributed by atoms with Gasteiger partial charge in [-0.2, -0.15) is 0 Å². The minimum atomic E-state index is 0.284. The van der Waals surface area contributed by atoms with Gasteiger partial charge in [-0.25, -0.2) is 0 Å². The maximum absolute atomic E-state index is 12.4. The normalized spacial score (nSPS) is 20.3. The number of amides is 1. The van der Waals surface area contributed by atoms with E-state index in [2.05, 4.69) is 48.7 Å².